The van der Waals surface area contributed by atoms with Gasteiger partial charge in [-0.15, -0.1) is 22.7 Å². The minimum Gasteiger partial charge on any atom is -0.134 e. The first-order valence-corrected chi connectivity index (χ1v) is 11.9. The number of benzene rings is 2. The number of hydrogen-bond acceptors (Lipinski definition) is 2. The average Bonchev–Trinajstić information content (AvgIpc) is 3.10. The van der Waals surface area contributed by atoms with Crippen molar-refractivity contribution in [1.82, 2.24) is 0 Å². The molecule has 0 radical (unpaired) electrons. The maximum absolute atomic E-state index is 2.52. The van der Waals surface area contributed by atoms with E-state index >= 15 is 0 Å². The molecule has 0 nitrogen and oxygen atoms in total. The summed E-state index contributed by atoms with van der Waals surface area (Å²) in [6.45, 7) is 5.05. The van der Waals surface area contributed by atoms with Crippen molar-refractivity contribution in [3.05, 3.63) is 48.5 Å². The topological polar surface area (TPSA) is 0 Å². The standard InChI is InChI=1S/C18H14S2Si/c1-21(2)17-11-7-3-5-9-13(11)19-15(17)16-18(21)12-8-4-6-10-14(12)20-16/h3-10H,1-2H3. The van der Waals surface area contributed by atoms with Gasteiger partial charge < -0.3 is 0 Å². The van der Waals surface area contributed by atoms with Crippen LogP contribution in [0.25, 0.3) is 29.9 Å². The fraction of sp³-hybridized carbons (Fsp3) is 0.111. The van der Waals surface area contributed by atoms with Crippen molar-refractivity contribution in [2.75, 3.05) is 0 Å². The second-order valence-corrected chi connectivity index (χ2v) is 12.6. The lowest BCUT2D eigenvalue weighted by Gasteiger charge is -2.18. The van der Waals surface area contributed by atoms with Crippen LogP contribution in [0.2, 0.25) is 13.1 Å². The van der Waals surface area contributed by atoms with Crippen molar-refractivity contribution in [2.24, 2.45) is 0 Å². The Morgan fingerprint density at radius 1 is 0.667 bits per heavy atom. The van der Waals surface area contributed by atoms with Crippen LogP contribution in [0.1, 0.15) is 0 Å². The molecule has 0 spiro atoms. The van der Waals surface area contributed by atoms with Crippen LogP contribution in [-0.2, 0) is 0 Å². The van der Waals surface area contributed by atoms with E-state index in [9.17, 15) is 0 Å². The van der Waals surface area contributed by atoms with Crippen LogP contribution < -0.4 is 10.4 Å². The lowest BCUT2D eigenvalue weighted by molar-refractivity contribution is 1.83. The van der Waals surface area contributed by atoms with Crippen LogP contribution in [0.3, 0.4) is 0 Å². The van der Waals surface area contributed by atoms with Crippen molar-refractivity contribution in [1.29, 1.82) is 0 Å². The maximum atomic E-state index is 2.52. The zero-order chi connectivity index (χ0) is 14.2. The Labute approximate surface area is 132 Å². The smallest absolute Gasteiger partial charge is 0.117 e. The molecule has 3 heterocycles. The van der Waals surface area contributed by atoms with Gasteiger partial charge in [-0.2, -0.15) is 0 Å². The van der Waals surface area contributed by atoms with E-state index in [-0.39, 0.29) is 0 Å². The summed E-state index contributed by atoms with van der Waals surface area (Å²) in [5, 5.41) is 6.36. The first-order valence-electron chi connectivity index (χ1n) is 7.22. The first-order chi connectivity index (χ1) is 10.2. The largest absolute Gasteiger partial charge is 0.134 e. The van der Waals surface area contributed by atoms with E-state index in [4.69, 9.17) is 0 Å². The average molecular weight is 323 g/mol. The van der Waals surface area contributed by atoms with E-state index in [1.54, 1.807) is 20.1 Å². The lowest BCUT2D eigenvalue weighted by atomic mass is 10.2. The molecule has 0 fully saturated rings. The number of hydrogen-bond donors (Lipinski definition) is 0. The van der Waals surface area contributed by atoms with Gasteiger partial charge in [0.25, 0.3) is 0 Å². The van der Waals surface area contributed by atoms with Crippen LogP contribution >= 0.6 is 22.7 Å². The molecule has 1 aliphatic heterocycles. The van der Waals surface area contributed by atoms with Gasteiger partial charge in [0.1, 0.15) is 8.07 Å². The molecule has 4 aromatic rings. The molecule has 0 aliphatic carbocycles. The molecule has 2 aromatic carbocycles. The number of fused-ring (bicyclic) bond motifs is 7. The molecule has 0 saturated heterocycles. The molecule has 0 unspecified atom stereocenters. The minimum atomic E-state index is -1.59. The zero-order valence-electron chi connectivity index (χ0n) is 11.9. The van der Waals surface area contributed by atoms with Gasteiger partial charge in [-0.3, -0.25) is 0 Å². The van der Waals surface area contributed by atoms with Crippen LogP contribution in [-0.4, -0.2) is 8.07 Å². The number of thiophene rings is 2. The summed E-state index contributed by atoms with van der Waals surface area (Å²) in [6, 6.07) is 17.9. The third-order valence-electron chi connectivity index (χ3n) is 4.65. The third-order valence-corrected chi connectivity index (χ3v) is 11.1. The molecular weight excluding hydrogens is 308 g/mol. The van der Waals surface area contributed by atoms with E-state index in [0.29, 0.717) is 0 Å². The van der Waals surface area contributed by atoms with Crippen molar-refractivity contribution in [3.8, 4) is 9.75 Å². The van der Waals surface area contributed by atoms with Crippen LogP contribution in [0, 0.1) is 0 Å². The molecule has 0 bridgehead atoms. The van der Waals surface area contributed by atoms with E-state index in [2.05, 4.69) is 61.6 Å². The number of rotatable bonds is 0. The van der Waals surface area contributed by atoms with Crippen molar-refractivity contribution in [3.63, 3.8) is 0 Å². The molecule has 2 aromatic heterocycles. The van der Waals surface area contributed by atoms with Gasteiger partial charge in [-0.1, -0.05) is 49.5 Å². The van der Waals surface area contributed by atoms with Gasteiger partial charge in [-0.25, -0.2) is 0 Å². The highest BCUT2D eigenvalue weighted by atomic mass is 32.1. The third kappa shape index (κ3) is 1.39. The molecule has 102 valence electrons. The highest BCUT2D eigenvalue weighted by Gasteiger charge is 2.43. The summed E-state index contributed by atoms with van der Waals surface area (Å²) < 4.78 is 2.90. The quantitative estimate of drug-likeness (QED) is 0.403. The monoisotopic (exact) mass is 322 g/mol. The van der Waals surface area contributed by atoms with Gasteiger partial charge in [0, 0.05) is 19.2 Å². The Morgan fingerprint density at radius 2 is 1.10 bits per heavy atom. The van der Waals surface area contributed by atoms with Gasteiger partial charge in [0.05, 0.1) is 0 Å². The molecule has 1 aliphatic rings. The Hall–Kier alpha value is -1.42. The predicted octanol–water partition coefficient (Wildman–Crippen LogP) is 4.92. The normalized spacial score (nSPS) is 15.5. The molecule has 5 rings (SSSR count). The molecule has 0 amide bonds. The van der Waals surface area contributed by atoms with Crippen LogP contribution in [0.5, 0.6) is 0 Å². The van der Waals surface area contributed by atoms with Crippen LogP contribution in [0.15, 0.2) is 48.5 Å². The Bertz CT molecular complexity index is 938. The summed E-state index contributed by atoms with van der Waals surface area (Å²) in [5.74, 6) is 0. The van der Waals surface area contributed by atoms with Crippen molar-refractivity contribution < 1.29 is 0 Å². The fourth-order valence-corrected chi connectivity index (χ4v) is 11.8. The highest BCUT2D eigenvalue weighted by molar-refractivity contribution is 7.35. The molecule has 0 saturated carbocycles. The first kappa shape index (κ1) is 12.2. The van der Waals surface area contributed by atoms with E-state index in [1.165, 1.54) is 20.2 Å². The van der Waals surface area contributed by atoms with Crippen molar-refractivity contribution >= 4 is 61.3 Å². The second-order valence-electron chi connectivity index (χ2n) is 6.23. The SMILES string of the molecule is C[Si]1(C)c2c(sc3ccccc23)-c2sc3ccccc3c21. The van der Waals surface area contributed by atoms with Crippen LogP contribution in [0.4, 0.5) is 0 Å². The van der Waals surface area contributed by atoms with Gasteiger partial charge >= 0.3 is 0 Å². The summed E-state index contributed by atoms with van der Waals surface area (Å²) in [6.07, 6.45) is 0. The second kappa shape index (κ2) is 3.86. The highest BCUT2D eigenvalue weighted by Crippen LogP contribution is 2.44. The Balaban J connectivity index is 2.00. The van der Waals surface area contributed by atoms with Gasteiger partial charge in [-0.05, 0) is 33.3 Å². The Kier molecular flexibility index (Phi) is 2.23. The molecule has 3 heteroatoms. The van der Waals surface area contributed by atoms with E-state index < -0.39 is 8.07 Å². The summed E-state index contributed by atoms with van der Waals surface area (Å²) in [7, 11) is -1.59. The summed E-state index contributed by atoms with van der Waals surface area (Å²) >= 11 is 3.98. The van der Waals surface area contributed by atoms with Gasteiger partial charge in [0.2, 0.25) is 0 Å². The summed E-state index contributed by atoms with van der Waals surface area (Å²) in [4.78, 5) is 3.12. The zero-order valence-corrected chi connectivity index (χ0v) is 14.6. The maximum Gasteiger partial charge on any atom is 0.117 e. The Morgan fingerprint density at radius 3 is 1.57 bits per heavy atom. The molecule has 21 heavy (non-hydrogen) atoms. The van der Waals surface area contributed by atoms with E-state index in [0.717, 1.165) is 0 Å². The predicted molar refractivity (Wildman–Crippen MR) is 99.4 cm³/mol. The fourth-order valence-electron chi connectivity index (χ4n) is 3.78. The molecular formula is C18H14S2Si. The molecule has 0 N–H and O–H groups in total. The van der Waals surface area contributed by atoms with E-state index in [1.807, 2.05) is 22.7 Å². The van der Waals surface area contributed by atoms with Crippen molar-refractivity contribution in [2.45, 2.75) is 13.1 Å². The minimum absolute atomic E-state index is 1.45. The van der Waals surface area contributed by atoms with Gasteiger partial charge in [0.15, 0.2) is 0 Å². The summed E-state index contributed by atoms with van der Waals surface area (Å²) in [5.41, 5.74) is 0. The lowest BCUT2D eigenvalue weighted by Crippen LogP contribution is -2.49. The molecule has 0 atom stereocenters.